The van der Waals surface area contributed by atoms with Gasteiger partial charge >= 0.3 is 0 Å². The predicted octanol–water partition coefficient (Wildman–Crippen LogP) is 7.46. The molecule has 0 bridgehead atoms. The van der Waals surface area contributed by atoms with E-state index in [4.69, 9.17) is 9.41 Å². The van der Waals surface area contributed by atoms with E-state index >= 15 is 0 Å². The van der Waals surface area contributed by atoms with Crippen LogP contribution in [0.5, 0.6) is 0 Å². The molecule has 0 saturated carbocycles. The SMILES string of the molecule is C1=Nc2c(n(-c3ccc4oc5ccc(-n6c7cccnc7c7ncccc76)cc5c4c3)c3cccnc23)CC1. The van der Waals surface area contributed by atoms with Crippen LogP contribution in [0.4, 0.5) is 5.69 Å². The minimum absolute atomic E-state index is 0.855. The molecule has 6 aromatic heterocycles. The Hall–Kier alpha value is -5.30. The maximum Gasteiger partial charge on any atom is 0.135 e. The third-order valence-electron chi connectivity index (χ3n) is 7.76. The zero-order valence-corrected chi connectivity index (χ0v) is 20.7. The van der Waals surface area contributed by atoms with E-state index in [0.29, 0.717) is 0 Å². The molecule has 39 heavy (non-hydrogen) atoms. The summed E-state index contributed by atoms with van der Waals surface area (Å²) < 4.78 is 10.8. The molecule has 0 atom stereocenters. The highest BCUT2D eigenvalue weighted by atomic mass is 16.3. The van der Waals surface area contributed by atoms with Gasteiger partial charge in [-0.3, -0.25) is 19.9 Å². The highest BCUT2D eigenvalue weighted by Gasteiger charge is 2.21. The van der Waals surface area contributed by atoms with Gasteiger partial charge in [0.25, 0.3) is 0 Å². The van der Waals surface area contributed by atoms with E-state index in [1.54, 1.807) is 0 Å². The first kappa shape index (κ1) is 20.7. The summed E-state index contributed by atoms with van der Waals surface area (Å²) in [5.41, 5.74) is 11.9. The summed E-state index contributed by atoms with van der Waals surface area (Å²) in [4.78, 5) is 18.7. The molecule has 0 amide bonds. The second-order valence-corrected chi connectivity index (χ2v) is 9.89. The van der Waals surface area contributed by atoms with Gasteiger partial charge in [0.15, 0.2) is 0 Å². The van der Waals surface area contributed by atoms with Gasteiger partial charge in [0.2, 0.25) is 0 Å². The van der Waals surface area contributed by atoms with Crippen molar-refractivity contribution in [1.82, 2.24) is 24.1 Å². The van der Waals surface area contributed by atoms with Crippen LogP contribution in [0.3, 0.4) is 0 Å². The number of pyridine rings is 3. The summed E-state index contributed by atoms with van der Waals surface area (Å²) in [5.74, 6) is 0. The lowest BCUT2D eigenvalue weighted by atomic mass is 10.1. The smallest absolute Gasteiger partial charge is 0.135 e. The van der Waals surface area contributed by atoms with Gasteiger partial charge in [0.05, 0.1) is 22.2 Å². The number of nitrogens with zero attached hydrogens (tertiary/aromatic N) is 6. The standard InChI is InChI=1S/C32H20N6O/c1-5-23-29(33-13-1)30-24(6-2-14-34-30)37(23)19-9-11-27-21(17-19)22-18-20(10-12-28(22)39-27)38-25-7-3-15-35-31(25)32-26(38)8-4-16-36-32/h1-3,5-7,9-18H,4,8H2. The first-order chi connectivity index (χ1) is 19.3. The highest BCUT2D eigenvalue weighted by molar-refractivity contribution is 6.08. The summed E-state index contributed by atoms with van der Waals surface area (Å²) in [6.07, 6.45) is 9.32. The molecule has 7 heterocycles. The largest absolute Gasteiger partial charge is 0.456 e. The minimum atomic E-state index is 0.855. The second kappa shape index (κ2) is 7.61. The average molecular weight is 505 g/mol. The molecule has 0 spiro atoms. The van der Waals surface area contributed by atoms with Crippen molar-refractivity contribution in [2.24, 2.45) is 4.99 Å². The number of aromatic nitrogens is 5. The number of fused-ring (bicyclic) bond motifs is 9. The molecule has 0 aliphatic carbocycles. The molecule has 1 aliphatic heterocycles. The van der Waals surface area contributed by atoms with Gasteiger partial charge in [0.1, 0.15) is 33.4 Å². The molecule has 7 heteroatoms. The van der Waals surface area contributed by atoms with Gasteiger partial charge in [-0.2, -0.15) is 0 Å². The van der Waals surface area contributed by atoms with Crippen LogP contribution in [0.15, 0.2) is 101 Å². The Morgan fingerprint density at radius 3 is 1.82 bits per heavy atom. The van der Waals surface area contributed by atoms with Crippen LogP contribution in [-0.4, -0.2) is 30.3 Å². The molecule has 0 fully saturated rings. The van der Waals surface area contributed by atoms with Crippen LogP contribution in [0.1, 0.15) is 12.1 Å². The third-order valence-corrected chi connectivity index (χ3v) is 7.76. The number of rotatable bonds is 2. The monoisotopic (exact) mass is 504 g/mol. The quantitative estimate of drug-likeness (QED) is 0.245. The Balaban J connectivity index is 1.31. The van der Waals surface area contributed by atoms with Crippen molar-refractivity contribution in [3.05, 3.63) is 97.1 Å². The summed E-state index contributed by atoms with van der Waals surface area (Å²) >= 11 is 0. The van der Waals surface area contributed by atoms with Crippen LogP contribution >= 0.6 is 0 Å². The van der Waals surface area contributed by atoms with Crippen molar-refractivity contribution < 1.29 is 4.42 Å². The van der Waals surface area contributed by atoms with Crippen LogP contribution in [0.2, 0.25) is 0 Å². The molecule has 0 unspecified atom stereocenters. The fourth-order valence-electron chi connectivity index (χ4n) is 6.12. The molecule has 0 radical (unpaired) electrons. The van der Waals surface area contributed by atoms with Gasteiger partial charge in [-0.1, -0.05) is 0 Å². The Labute approximate surface area is 221 Å². The van der Waals surface area contributed by atoms with Gasteiger partial charge in [-0.25, -0.2) is 0 Å². The van der Waals surface area contributed by atoms with Crippen LogP contribution in [0, 0.1) is 0 Å². The highest BCUT2D eigenvalue weighted by Crippen LogP contribution is 2.39. The van der Waals surface area contributed by atoms with Gasteiger partial charge < -0.3 is 13.6 Å². The van der Waals surface area contributed by atoms with Crippen LogP contribution < -0.4 is 0 Å². The van der Waals surface area contributed by atoms with E-state index in [0.717, 1.165) is 84.9 Å². The molecule has 1 aliphatic rings. The van der Waals surface area contributed by atoms with E-state index in [-0.39, 0.29) is 0 Å². The van der Waals surface area contributed by atoms with E-state index in [1.165, 1.54) is 5.69 Å². The van der Waals surface area contributed by atoms with E-state index in [2.05, 4.69) is 78.7 Å². The molecular formula is C32H20N6O. The zero-order valence-electron chi connectivity index (χ0n) is 20.7. The van der Waals surface area contributed by atoms with Crippen molar-refractivity contribution >= 4 is 66.9 Å². The Bertz CT molecular complexity index is 2250. The van der Waals surface area contributed by atoms with E-state index in [9.17, 15) is 0 Å². The van der Waals surface area contributed by atoms with Crippen molar-refractivity contribution in [2.45, 2.75) is 12.8 Å². The third kappa shape index (κ3) is 2.81. The second-order valence-electron chi connectivity index (χ2n) is 9.89. The molecule has 184 valence electrons. The lowest BCUT2D eigenvalue weighted by molar-refractivity contribution is 0.668. The molecule has 2 aromatic carbocycles. The fourth-order valence-corrected chi connectivity index (χ4v) is 6.12. The Kier molecular flexibility index (Phi) is 4.05. The van der Waals surface area contributed by atoms with E-state index < -0.39 is 0 Å². The molecule has 9 rings (SSSR count). The summed E-state index contributed by atoms with van der Waals surface area (Å²) in [5, 5.41) is 2.13. The van der Waals surface area contributed by atoms with Crippen molar-refractivity contribution in [1.29, 1.82) is 0 Å². The van der Waals surface area contributed by atoms with Crippen LogP contribution in [-0.2, 0) is 6.42 Å². The Morgan fingerprint density at radius 1 is 0.615 bits per heavy atom. The van der Waals surface area contributed by atoms with Gasteiger partial charge in [0, 0.05) is 47.0 Å². The average Bonchev–Trinajstić information content (AvgIpc) is 3.64. The number of hydrogen-bond acceptors (Lipinski definition) is 5. The van der Waals surface area contributed by atoms with Crippen molar-refractivity contribution in [3.63, 3.8) is 0 Å². The Morgan fingerprint density at radius 2 is 1.18 bits per heavy atom. The lowest BCUT2D eigenvalue weighted by Gasteiger charge is -2.12. The number of benzene rings is 2. The molecule has 0 N–H and O–H groups in total. The lowest BCUT2D eigenvalue weighted by Crippen LogP contribution is -2.02. The molecule has 0 saturated heterocycles. The molecule has 7 nitrogen and oxygen atoms in total. The number of furan rings is 1. The topological polar surface area (TPSA) is 74.0 Å². The van der Waals surface area contributed by atoms with Gasteiger partial charge in [-0.05, 0) is 85.6 Å². The predicted molar refractivity (Wildman–Crippen MR) is 155 cm³/mol. The van der Waals surface area contributed by atoms with Crippen LogP contribution in [0.25, 0.3) is 66.4 Å². The summed E-state index contributed by atoms with van der Waals surface area (Å²) in [6.45, 7) is 0. The fraction of sp³-hybridized carbons (Fsp3) is 0.0625. The number of aliphatic imine (C=N–C) groups is 1. The maximum atomic E-state index is 6.29. The zero-order chi connectivity index (χ0) is 25.5. The first-order valence-electron chi connectivity index (χ1n) is 13.0. The van der Waals surface area contributed by atoms with Crippen molar-refractivity contribution in [2.75, 3.05) is 0 Å². The van der Waals surface area contributed by atoms with Crippen molar-refractivity contribution in [3.8, 4) is 11.4 Å². The molecule has 8 aromatic rings. The minimum Gasteiger partial charge on any atom is -0.456 e. The first-order valence-corrected chi connectivity index (χ1v) is 13.0. The molecular weight excluding hydrogens is 484 g/mol. The summed E-state index contributed by atoms with van der Waals surface area (Å²) in [7, 11) is 0. The van der Waals surface area contributed by atoms with E-state index in [1.807, 2.05) is 43.0 Å². The normalized spacial score (nSPS) is 13.3. The van der Waals surface area contributed by atoms with Gasteiger partial charge in [-0.15, -0.1) is 0 Å². The summed E-state index contributed by atoms with van der Waals surface area (Å²) in [6, 6.07) is 25.0. The number of hydrogen-bond donors (Lipinski definition) is 0. The maximum absolute atomic E-state index is 6.29.